The van der Waals surface area contributed by atoms with E-state index in [9.17, 15) is 4.79 Å². The van der Waals surface area contributed by atoms with Crippen LogP contribution in [-0.2, 0) is 6.73 Å². The second kappa shape index (κ2) is 8.70. The maximum atomic E-state index is 12.0. The van der Waals surface area contributed by atoms with E-state index in [4.69, 9.17) is 16.3 Å². The molecule has 7 heteroatoms. The lowest BCUT2D eigenvalue weighted by Gasteiger charge is -2.09. The highest BCUT2D eigenvalue weighted by atomic mass is 35.5. The van der Waals surface area contributed by atoms with Gasteiger partial charge in [-0.25, -0.2) is 4.68 Å². The third kappa shape index (κ3) is 5.54. The van der Waals surface area contributed by atoms with E-state index in [1.165, 1.54) is 0 Å². The molecule has 0 radical (unpaired) electrons. The van der Waals surface area contributed by atoms with E-state index in [0.717, 1.165) is 24.3 Å². The van der Waals surface area contributed by atoms with Crippen LogP contribution in [0.15, 0.2) is 30.5 Å². The summed E-state index contributed by atoms with van der Waals surface area (Å²) in [5, 5.41) is 7.76. The highest BCUT2D eigenvalue weighted by molar-refractivity contribution is 6.30. The van der Waals surface area contributed by atoms with Crippen LogP contribution in [0.5, 0.6) is 5.75 Å². The Hall–Kier alpha value is -2.05. The molecule has 1 heterocycles. The van der Waals surface area contributed by atoms with E-state index in [1.807, 2.05) is 33.2 Å². The smallest absolute Gasteiger partial charge is 0.271 e. The minimum Gasteiger partial charge on any atom is -0.471 e. The molecule has 0 saturated carbocycles. The summed E-state index contributed by atoms with van der Waals surface area (Å²) in [5.74, 6) is 0.569. The number of benzene rings is 1. The van der Waals surface area contributed by atoms with Gasteiger partial charge in [-0.3, -0.25) is 4.79 Å². The summed E-state index contributed by atoms with van der Waals surface area (Å²) in [6.07, 6.45) is 2.62. The fraction of sp³-hybridized carbons (Fsp3) is 0.412. The number of carbonyl (C=O) groups is 1. The van der Waals surface area contributed by atoms with Crippen LogP contribution in [0.3, 0.4) is 0 Å². The zero-order chi connectivity index (χ0) is 17.5. The fourth-order valence-corrected chi connectivity index (χ4v) is 2.38. The summed E-state index contributed by atoms with van der Waals surface area (Å²) in [4.78, 5) is 14.1. The largest absolute Gasteiger partial charge is 0.471 e. The van der Waals surface area contributed by atoms with Gasteiger partial charge in [-0.15, -0.1) is 0 Å². The minimum atomic E-state index is -0.171. The van der Waals surface area contributed by atoms with Crippen molar-refractivity contribution in [1.82, 2.24) is 20.0 Å². The van der Waals surface area contributed by atoms with Crippen LogP contribution in [-0.4, -0.2) is 47.8 Å². The van der Waals surface area contributed by atoms with Gasteiger partial charge in [0.25, 0.3) is 5.91 Å². The third-order valence-corrected chi connectivity index (χ3v) is 3.67. The number of amides is 1. The Balaban J connectivity index is 1.83. The van der Waals surface area contributed by atoms with Gasteiger partial charge in [0, 0.05) is 17.8 Å². The average molecular weight is 351 g/mol. The number of ether oxygens (including phenoxy) is 1. The van der Waals surface area contributed by atoms with Crippen molar-refractivity contribution in [2.24, 2.45) is 0 Å². The quantitative estimate of drug-likeness (QED) is 0.743. The Morgan fingerprint density at radius 3 is 2.88 bits per heavy atom. The zero-order valence-corrected chi connectivity index (χ0v) is 15.0. The first-order valence-corrected chi connectivity index (χ1v) is 8.19. The van der Waals surface area contributed by atoms with Crippen molar-refractivity contribution in [3.05, 3.63) is 46.7 Å². The van der Waals surface area contributed by atoms with E-state index in [2.05, 4.69) is 15.3 Å². The lowest BCUT2D eigenvalue weighted by Crippen LogP contribution is -2.27. The Bertz CT molecular complexity index is 685. The molecule has 0 unspecified atom stereocenters. The number of carbonyl (C=O) groups excluding carboxylic acids is 1. The molecule has 0 saturated heterocycles. The first kappa shape index (κ1) is 18.3. The molecule has 1 amide bonds. The van der Waals surface area contributed by atoms with Crippen LogP contribution in [0.1, 0.15) is 22.5 Å². The number of aromatic nitrogens is 2. The van der Waals surface area contributed by atoms with Gasteiger partial charge in [-0.1, -0.05) is 11.6 Å². The number of nitrogens with one attached hydrogen (secondary N) is 1. The highest BCUT2D eigenvalue weighted by Crippen LogP contribution is 2.21. The van der Waals surface area contributed by atoms with Gasteiger partial charge in [0.05, 0.1) is 0 Å². The molecule has 0 fully saturated rings. The molecule has 24 heavy (non-hydrogen) atoms. The maximum absolute atomic E-state index is 12.0. The molecule has 1 N–H and O–H groups in total. The second-order valence-electron chi connectivity index (χ2n) is 5.84. The summed E-state index contributed by atoms with van der Waals surface area (Å²) in [6, 6.07) is 7.12. The van der Waals surface area contributed by atoms with Crippen molar-refractivity contribution >= 4 is 17.5 Å². The van der Waals surface area contributed by atoms with Gasteiger partial charge < -0.3 is 15.0 Å². The van der Waals surface area contributed by atoms with E-state index in [1.54, 1.807) is 23.0 Å². The van der Waals surface area contributed by atoms with Crippen LogP contribution >= 0.6 is 11.6 Å². The fourth-order valence-electron chi connectivity index (χ4n) is 2.15. The van der Waals surface area contributed by atoms with E-state index < -0.39 is 0 Å². The summed E-state index contributed by atoms with van der Waals surface area (Å²) >= 11 is 5.92. The molecule has 2 rings (SSSR count). The molecule has 0 aliphatic rings. The van der Waals surface area contributed by atoms with Crippen LogP contribution < -0.4 is 10.1 Å². The molecule has 0 aliphatic carbocycles. The lowest BCUT2D eigenvalue weighted by atomic mass is 10.2. The van der Waals surface area contributed by atoms with E-state index >= 15 is 0 Å². The van der Waals surface area contributed by atoms with E-state index in [0.29, 0.717) is 17.3 Å². The average Bonchev–Trinajstić information content (AvgIpc) is 2.99. The number of hydrogen-bond acceptors (Lipinski definition) is 4. The Labute approximate surface area is 147 Å². The second-order valence-corrected chi connectivity index (χ2v) is 6.27. The topological polar surface area (TPSA) is 59.4 Å². The van der Waals surface area contributed by atoms with Crippen molar-refractivity contribution in [3.63, 3.8) is 0 Å². The maximum Gasteiger partial charge on any atom is 0.271 e. The van der Waals surface area contributed by atoms with Crippen LogP contribution in [0.2, 0.25) is 5.02 Å². The zero-order valence-electron chi connectivity index (χ0n) is 14.3. The normalized spacial score (nSPS) is 10.9. The van der Waals surface area contributed by atoms with Crippen molar-refractivity contribution in [2.75, 3.05) is 27.2 Å². The third-order valence-electron chi connectivity index (χ3n) is 3.43. The lowest BCUT2D eigenvalue weighted by molar-refractivity contribution is 0.0945. The molecule has 0 bridgehead atoms. The Morgan fingerprint density at radius 2 is 2.17 bits per heavy atom. The van der Waals surface area contributed by atoms with Gasteiger partial charge in [0.15, 0.2) is 6.73 Å². The van der Waals surface area contributed by atoms with Crippen molar-refractivity contribution in [2.45, 2.75) is 20.1 Å². The number of halogens is 1. The van der Waals surface area contributed by atoms with Crippen LogP contribution in [0.4, 0.5) is 0 Å². The molecular formula is C17H23ClN4O2. The SMILES string of the molecule is Cc1cc(Cl)ccc1OCn1ccc(C(=O)NCCCN(C)C)n1. The summed E-state index contributed by atoms with van der Waals surface area (Å²) in [6.45, 7) is 3.72. The molecule has 0 aliphatic heterocycles. The summed E-state index contributed by atoms with van der Waals surface area (Å²) < 4.78 is 7.29. The first-order valence-electron chi connectivity index (χ1n) is 7.81. The van der Waals surface area contributed by atoms with Gasteiger partial charge >= 0.3 is 0 Å². The highest BCUT2D eigenvalue weighted by Gasteiger charge is 2.09. The minimum absolute atomic E-state index is 0.171. The van der Waals surface area contributed by atoms with Crippen LogP contribution in [0.25, 0.3) is 0 Å². The van der Waals surface area contributed by atoms with Gasteiger partial charge in [-0.2, -0.15) is 5.10 Å². The Morgan fingerprint density at radius 1 is 1.38 bits per heavy atom. The summed E-state index contributed by atoms with van der Waals surface area (Å²) in [7, 11) is 4.01. The number of hydrogen-bond donors (Lipinski definition) is 1. The van der Waals surface area contributed by atoms with Crippen molar-refractivity contribution in [1.29, 1.82) is 0 Å². The predicted molar refractivity (Wildman–Crippen MR) is 94.5 cm³/mol. The first-order chi connectivity index (χ1) is 11.5. The van der Waals surface area contributed by atoms with E-state index in [-0.39, 0.29) is 12.6 Å². The number of aryl methyl sites for hydroxylation is 1. The number of rotatable bonds is 8. The summed E-state index contributed by atoms with van der Waals surface area (Å²) in [5.41, 5.74) is 1.34. The monoisotopic (exact) mass is 350 g/mol. The molecule has 130 valence electrons. The Kier molecular flexibility index (Phi) is 6.63. The molecule has 0 atom stereocenters. The van der Waals surface area contributed by atoms with Crippen molar-refractivity contribution < 1.29 is 9.53 Å². The molecular weight excluding hydrogens is 328 g/mol. The molecule has 2 aromatic rings. The molecule has 1 aromatic heterocycles. The standard InChI is InChI=1S/C17H23ClN4O2/c1-13-11-14(18)5-6-16(13)24-12-22-10-7-15(20-22)17(23)19-8-4-9-21(2)3/h5-7,10-11H,4,8-9,12H2,1-3H3,(H,19,23). The molecule has 0 spiro atoms. The van der Waals surface area contributed by atoms with Crippen LogP contribution in [0, 0.1) is 6.92 Å². The van der Waals surface area contributed by atoms with Gasteiger partial charge in [0.2, 0.25) is 0 Å². The van der Waals surface area contributed by atoms with Gasteiger partial charge in [0.1, 0.15) is 11.4 Å². The predicted octanol–water partition coefficient (Wildman–Crippen LogP) is 2.56. The molecule has 6 nitrogen and oxygen atoms in total. The number of nitrogens with zero attached hydrogens (tertiary/aromatic N) is 3. The van der Waals surface area contributed by atoms with Gasteiger partial charge in [-0.05, 0) is 63.8 Å². The molecule has 1 aromatic carbocycles. The van der Waals surface area contributed by atoms with Crippen molar-refractivity contribution in [3.8, 4) is 5.75 Å².